The normalized spacial score (nSPS) is 14.6. The molecule has 0 N–H and O–H groups in total. The first-order valence-corrected chi connectivity index (χ1v) is 5.21. The molecule has 2 rings (SSSR count). The topological polar surface area (TPSA) is 36.9 Å². The van der Waals surface area contributed by atoms with E-state index in [-0.39, 0.29) is 0 Å². The van der Waals surface area contributed by atoms with Crippen molar-refractivity contribution in [2.75, 3.05) is 40.6 Å². The van der Waals surface area contributed by atoms with Gasteiger partial charge in [0.1, 0.15) is 0 Å². The quantitative estimate of drug-likeness (QED) is 0.769. The van der Waals surface area contributed by atoms with Crippen LogP contribution in [0.5, 0.6) is 11.5 Å². The zero-order valence-corrected chi connectivity index (χ0v) is 9.77. The van der Waals surface area contributed by atoms with Crippen LogP contribution in [0.2, 0.25) is 0 Å². The molecule has 0 aromatic heterocycles. The van der Waals surface area contributed by atoms with Crippen molar-refractivity contribution >= 4 is 0 Å². The van der Waals surface area contributed by atoms with Crippen LogP contribution < -0.4 is 9.47 Å². The number of para-hydroxylation sites is 2. The fourth-order valence-corrected chi connectivity index (χ4v) is 1.23. The van der Waals surface area contributed by atoms with Crippen LogP contribution in [0, 0.1) is 0 Å². The summed E-state index contributed by atoms with van der Waals surface area (Å²) in [5, 5.41) is 0. The van der Waals surface area contributed by atoms with Crippen molar-refractivity contribution in [1.82, 2.24) is 0 Å². The van der Waals surface area contributed by atoms with Gasteiger partial charge in [-0.2, -0.15) is 0 Å². The standard InChI is InChI=1S/C8H10O2.C4H8O2/c1-9-7-5-3-4-6-8(7)10-2;1-2-6-4-3-5-1/h3-6H,1-2H3;1-4H2. The van der Waals surface area contributed by atoms with Crippen molar-refractivity contribution in [3.05, 3.63) is 24.3 Å². The third-order valence-corrected chi connectivity index (χ3v) is 2.03. The van der Waals surface area contributed by atoms with Crippen molar-refractivity contribution in [2.45, 2.75) is 0 Å². The number of ether oxygens (including phenoxy) is 4. The van der Waals surface area contributed by atoms with Crippen LogP contribution in [0.4, 0.5) is 0 Å². The zero-order chi connectivity index (χ0) is 11.6. The van der Waals surface area contributed by atoms with Crippen molar-refractivity contribution in [2.24, 2.45) is 0 Å². The smallest absolute Gasteiger partial charge is 0.160 e. The van der Waals surface area contributed by atoms with Gasteiger partial charge in [-0.05, 0) is 12.1 Å². The molecule has 1 aliphatic rings. The summed E-state index contributed by atoms with van der Waals surface area (Å²) in [6, 6.07) is 7.53. The van der Waals surface area contributed by atoms with Gasteiger partial charge < -0.3 is 18.9 Å². The molecule has 0 bridgehead atoms. The second kappa shape index (κ2) is 7.96. The Labute approximate surface area is 96.1 Å². The summed E-state index contributed by atoms with van der Waals surface area (Å²) in [5.41, 5.74) is 0. The maximum Gasteiger partial charge on any atom is 0.160 e. The molecule has 0 amide bonds. The molecule has 1 fully saturated rings. The lowest BCUT2D eigenvalue weighted by atomic mass is 10.3. The van der Waals surface area contributed by atoms with Gasteiger partial charge in [0.15, 0.2) is 11.5 Å². The van der Waals surface area contributed by atoms with Gasteiger partial charge in [0.2, 0.25) is 0 Å². The summed E-state index contributed by atoms with van der Waals surface area (Å²) in [6.07, 6.45) is 0. The molecule has 0 atom stereocenters. The predicted molar refractivity (Wildman–Crippen MR) is 61.2 cm³/mol. The molecule has 1 heterocycles. The molecular weight excluding hydrogens is 208 g/mol. The van der Waals surface area contributed by atoms with E-state index >= 15 is 0 Å². The van der Waals surface area contributed by atoms with E-state index in [4.69, 9.17) is 18.9 Å². The Balaban J connectivity index is 0.000000181. The average Bonchev–Trinajstić information content (AvgIpc) is 2.41. The van der Waals surface area contributed by atoms with Crippen LogP contribution in [-0.2, 0) is 9.47 Å². The lowest BCUT2D eigenvalue weighted by molar-refractivity contribution is -0.0334. The van der Waals surface area contributed by atoms with E-state index in [1.165, 1.54) is 0 Å². The monoisotopic (exact) mass is 226 g/mol. The highest BCUT2D eigenvalue weighted by molar-refractivity contribution is 5.38. The van der Waals surface area contributed by atoms with E-state index in [2.05, 4.69) is 0 Å². The number of hydrogen-bond acceptors (Lipinski definition) is 4. The van der Waals surface area contributed by atoms with Gasteiger partial charge in [0.05, 0.1) is 40.6 Å². The first-order chi connectivity index (χ1) is 7.88. The van der Waals surface area contributed by atoms with Crippen LogP contribution >= 0.6 is 0 Å². The molecule has 0 spiro atoms. The highest BCUT2D eigenvalue weighted by Crippen LogP contribution is 2.24. The SMILES string of the molecule is C1COCCO1.COc1ccccc1OC. The van der Waals surface area contributed by atoms with Crippen molar-refractivity contribution in [1.29, 1.82) is 0 Å². The van der Waals surface area contributed by atoms with E-state index in [0.29, 0.717) is 0 Å². The van der Waals surface area contributed by atoms with E-state index in [1.807, 2.05) is 24.3 Å². The second-order valence-corrected chi connectivity index (χ2v) is 3.08. The van der Waals surface area contributed by atoms with Gasteiger partial charge in [-0.15, -0.1) is 0 Å². The van der Waals surface area contributed by atoms with Crippen LogP contribution in [0.1, 0.15) is 0 Å². The van der Waals surface area contributed by atoms with E-state index in [0.717, 1.165) is 37.9 Å². The molecule has 0 unspecified atom stereocenters. The third kappa shape index (κ3) is 4.51. The molecule has 4 heteroatoms. The molecule has 0 radical (unpaired) electrons. The summed E-state index contributed by atoms with van der Waals surface area (Å²) in [6.45, 7) is 3.11. The molecule has 0 saturated carbocycles. The van der Waals surface area contributed by atoms with Crippen LogP contribution in [0.25, 0.3) is 0 Å². The Morgan fingerprint density at radius 2 is 1.19 bits per heavy atom. The van der Waals surface area contributed by atoms with Crippen LogP contribution in [-0.4, -0.2) is 40.6 Å². The first-order valence-electron chi connectivity index (χ1n) is 5.21. The minimum atomic E-state index is 0.769. The maximum atomic E-state index is 5.01. The number of benzene rings is 1. The van der Waals surface area contributed by atoms with Crippen molar-refractivity contribution in [3.63, 3.8) is 0 Å². The third-order valence-electron chi connectivity index (χ3n) is 2.03. The minimum Gasteiger partial charge on any atom is -0.493 e. The van der Waals surface area contributed by atoms with Gasteiger partial charge in [-0.3, -0.25) is 0 Å². The molecular formula is C12H18O4. The number of methoxy groups -OCH3 is 2. The van der Waals surface area contributed by atoms with Crippen LogP contribution in [0.3, 0.4) is 0 Å². The largest absolute Gasteiger partial charge is 0.493 e. The molecule has 90 valence electrons. The highest BCUT2D eigenvalue weighted by atomic mass is 16.6. The summed E-state index contributed by atoms with van der Waals surface area (Å²) in [7, 11) is 3.25. The minimum absolute atomic E-state index is 0.769. The first kappa shape index (κ1) is 12.8. The molecule has 1 aromatic rings. The Morgan fingerprint density at radius 1 is 0.812 bits per heavy atom. The maximum absolute atomic E-state index is 5.01. The van der Waals surface area contributed by atoms with E-state index in [1.54, 1.807) is 14.2 Å². The fraction of sp³-hybridized carbons (Fsp3) is 0.500. The van der Waals surface area contributed by atoms with E-state index < -0.39 is 0 Å². The zero-order valence-electron chi connectivity index (χ0n) is 9.77. The summed E-state index contributed by atoms with van der Waals surface area (Å²) in [4.78, 5) is 0. The van der Waals surface area contributed by atoms with Crippen LogP contribution in [0.15, 0.2) is 24.3 Å². The number of hydrogen-bond donors (Lipinski definition) is 0. The fourth-order valence-electron chi connectivity index (χ4n) is 1.23. The Kier molecular flexibility index (Phi) is 6.37. The summed E-state index contributed by atoms with van der Waals surface area (Å²) < 4.78 is 19.9. The molecule has 1 saturated heterocycles. The Bertz CT molecular complexity index is 250. The van der Waals surface area contributed by atoms with Gasteiger partial charge in [-0.25, -0.2) is 0 Å². The second-order valence-electron chi connectivity index (χ2n) is 3.08. The summed E-state index contributed by atoms with van der Waals surface area (Å²) >= 11 is 0. The lowest BCUT2D eigenvalue weighted by Gasteiger charge is -2.09. The Hall–Kier alpha value is -1.26. The molecule has 4 nitrogen and oxygen atoms in total. The van der Waals surface area contributed by atoms with Gasteiger partial charge in [0.25, 0.3) is 0 Å². The Morgan fingerprint density at radius 3 is 1.44 bits per heavy atom. The van der Waals surface area contributed by atoms with Crippen molar-refractivity contribution in [3.8, 4) is 11.5 Å². The molecule has 1 aliphatic heterocycles. The molecule has 1 aromatic carbocycles. The van der Waals surface area contributed by atoms with Gasteiger partial charge >= 0.3 is 0 Å². The van der Waals surface area contributed by atoms with Gasteiger partial charge in [-0.1, -0.05) is 12.1 Å². The molecule has 16 heavy (non-hydrogen) atoms. The lowest BCUT2D eigenvalue weighted by Crippen LogP contribution is -2.16. The average molecular weight is 226 g/mol. The van der Waals surface area contributed by atoms with Gasteiger partial charge in [0, 0.05) is 0 Å². The molecule has 0 aliphatic carbocycles. The highest BCUT2D eigenvalue weighted by Gasteiger charge is 1.97. The summed E-state index contributed by atoms with van der Waals surface area (Å²) in [5.74, 6) is 1.54. The van der Waals surface area contributed by atoms with Crippen molar-refractivity contribution < 1.29 is 18.9 Å². The van der Waals surface area contributed by atoms with E-state index in [9.17, 15) is 0 Å². The predicted octanol–water partition coefficient (Wildman–Crippen LogP) is 1.74. The number of rotatable bonds is 2.